The van der Waals surface area contributed by atoms with Crippen molar-refractivity contribution in [1.82, 2.24) is 0 Å². The monoisotopic (exact) mass is 559 g/mol. The first-order chi connectivity index (χ1) is 18.6. The molecule has 1 atom stereocenters. The number of nitrogens with one attached hydrogen (secondary N) is 1. The number of halogens is 3. The molecule has 4 N–H and O–H groups in total. The van der Waals surface area contributed by atoms with Gasteiger partial charge >= 0.3 is 18.1 Å². The Hall–Kier alpha value is -4.71. The maximum Gasteiger partial charge on any atom is 0.421 e. The number of aromatic carboxylic acids is 2. The third-order valence-corrected chi connectivity index (χ3v) is 6.13. The van der Waals surface area contributed by atoms with E-state index in [1.807, 2.05) is 0 Å². The predicted molar refractivity (Wildman–Crippen MR) is 136 cm³/mol. The van der Waals surface area contributed by atoms with Gasteiger partial charge in [-0.1, -0.05) is 13.0 Å². The molecule has 0 fully saturated rings. The van der Waals surface area contributed by atoms with Crippen molar-refractivity contribution in [3.8, 4) is 11.5 Å². The number of Topliss-reactive ketones (excluding diaryl/α,β-unsaturated/α-hetero) is 1. The van der Waals surface area contributed by atoms with Crippen LogP contribution in [0, 0.1) is 0 Å². The van der Waals surface area contributed by atoms with Crippen LogP contribution in [-0.2, 0) is 12.0 Å². The number of ether oxygens (including phenoxy) is 1. The zero-order valence-corrected chi connectivity index (χ0v) is 21.4. The second kappa shape index (κ2) is 11.2. The number of aliphatic hydroxyl groups is 1. The molecular formula is C28H24F3NO8. The van der Waals surface area contributed by atoms with Gasteiger partial charge < -0.3 is 25.4 Å². The van der Waals surface area contributed by atoms with Crippen molar-refractivity contribution < 1.29 is 52.4 Å². The number of alkyl halides is 3. The molecule has 12 heteroatoms. The van der Waals surface area contributed by atoms with E-state index in [0.29, 0.717) is 6.92 Å². The number of carboxylic acids is 2. The van der Waals surface area contributed by atoms with E-state index in [1.54, 1.807) is 6.92 Å². The molecule has 0 bridgehead atoms. The molecule has 0 aromatic heterocycles. The van der Waals surface area contributed by atoms with Gasteiger partial charge in [0.15, 0.2) is 11.4 Å². The van der Waals surface area contributed by atoms with Crippen LogP contribution in [0.15, 0.2) is 54.6 Å². The number of ketones is 1. The molecule has 1 unspecified atom stereocenters. The number of aryl methyl sites for hydroxylation is 1. The minimum absolute atomic E-state index is 0.0267. The molecule has 3 aromatic rings. The molecule has 0 saturated carbocycles. The van der Waals surface area contributed by atoms with Crippen molar-refractivity contribution in [2.45, 2.75) is 39.0 Å². The van der Waals surface area contributed by atoms with Crippen LogP contribution in [0.3, 0.4) is 0 Å². The van der Waals surface area contributed by atoms with Crippen LogP contribution in [0.2, 0.25) is 0 Å². The van der Waals surface area contributed by atoms with Crippen LogP contribution in [0.5, 0.6) is 11.5 Å². The number of anilines is 1. The first-order valence-corrected chi connectivity index (χ1v) is 11.7. The first kappa shape index (κ1) is 29.8. The Morgan fingerprint density at radius 2 is 1.35 bits per heavy atom. The highest BCUT2D eigenvalue weighted by molar-refractivity contribution is 6.11. The lowest BCUT2D eigenvalue weighted by atomic mass is 9.89. The summed E-state index contributed by atoms with van der Waals surface area (Å²) in [4.78, 5) is 48.1. The van der Waals surface area contributed by atoms with Crippen molar-refractivity contribution in [3.05, 3.63) is 88.0 Å². The molecule has 0 aliphatic heterocycles. The summed E-state index contributed by atoms with van der Waals surface area (Å²) in [7, 11) is 0. The van der Waals surface area contributed by atoms with E-state index in [9.17, 15) is 47.7 Å². The predicted octanol–water partition coefficient (Wildman–Crippen LogP) is 5.66. The third-order valence-electron chi connectivity index (χ3n) is 6.13. The molecule has 0 aliphatic rings. The molecule has 3 aromatic carbocycles. The van der Waals surface area contributed by atoms with E-state index in [4.69, 9.17) is 4.74 Å². The van der Waals surface area contributed by atoms with E-state index in [2.05, 4.69) is 5.32 Å². The summed E-state index contributed by atoms with van der Waals surface area (Å²) < 4.78 is 46.2. The number of amides is 1. The number of carboxylic acid groups (broad SMARTS) is 2. The summed E-state index contributed by atoms with van der Waals surface area (Å²) in [6, 6.07) is 10.6. The van der Waals surface area contributed by atoms with Crippen molar-refractivity contribution in [1.29, 1.82) is 0 Å². The van der Waals surface area contributed by atoms with Gasteiger partial charge in [-0.25, -0.2) is 9.59 Å². The number of carbonyl (C=O) groups is 4. The molecular weight excluding hydrogens is 535 g/mol. The SMILES string of the molecule is CCc1ccc(NC(=O)c2cc(Oc3ccc(C(=O)O)c(C(C)=O)c3)ccc2C(=O)O)cc1C(C)(O)C(F)(F)F. The normalized spacial score (nSPS) is 12.8. The summed E-state index contributed by atoms with van der Waals surface area (Å²) in [6.45, 7) is 3.36. The van der Waals surface area contributed by atoms with Crippen LogP contribution < -0.4 is 10.1 Å². The smallest absolute Gasteiger partial charge is 0.421 e. The fourth-order valence-electron chi connectivity index (χ4n) is 3.93. The van der Waals surface area contributed by atoms with Gasteiger partial charge in [-0.15, -0.1) is 0 Å². The van der Waals surface area contributed by atoms with Gasteiger partial charge in [0, 0.05) is 11.3 Å². The highest BCUT2D eigenvalue weighted by Crippen LogP contribution is 2.41. The molecule has 1 amide bonds. The van der Waals surface area contributed by atoms with Crippen LogP contribution in [0.25, 0.3) is 0 Å². The van der Waals surface area contributed by atoms with Gasteiger partial charge in [-0.2, -0.15) is 13.2 Å². The standard InChI is InChI=1S/C28H24F3NO8/c1-4-15-5-6-16(11-23(15)27(3,39)28(29,30)31)32-24(34)22-13-18(8-10-20(22)26(37)38)40-17-7-9-19(25(35)36)21(12-17)14(2)33/h5-13,39H,4H2,1-3H3,(H,32,34)(H,35,36)(H,37,38). The molecule has 0 heterocycles. The Morgan fingerprint density at radius 3 is 1.82 bits per heavy atom. The first-order valence-electron chi connectivity index (χ1n) is 11.7. The van der Waals surface area contributed by atoms with Crippen LogP contribution >= 0.6 is 0 Å². The Morgan fingerprint density at radius 1 is 0.825 bits per heavy atom. The number of carbonyl (C=O) groups excluding carboxylic acids is 2. The number of rotatable bonds is 9. The largest absolute Gasteiger partial charge is 0.478 e. The molecule has 40 heavy (non-hydrogen) atoms. The number of hydrogen-bond donors (Lipinski definition) is 4. The Labute approximate surface area is 225 Å². The second-order valence-corrected chi connectivity index (χ2v) is 8.93. The van der Waals surface area contributed by atoms with E-state index in [0.717, 1.165) is 24.3 Å². The van der Waals surface area contributed by atoms with Crippen molar-refractivity contribution in [3.63, 3.8) is 0 Å². The zero-order valence-electron chi connectivity index (χ0n) is 21.4. The van der Waals surface area contributed by atoms with E-state index in [1.165, 1.54) is 37.3 Å². The van der Waals surface area contributed by atoms with Gasteiger partial charge in [0.1, 0.15) is 11.5 Å². The van der Waals surface area contributed by atoms with Gasteiger partial charge in [-0.3, -0.25) is 9.59 Å². The van der Waals surface area contributed by atoms with Gasteiger partial charge in [0.25, 0.3) is 5.91 Å². The van der Waals surface area contributed by atoms with Crippen LogP contribution in [0.4, 0.5) is 18.9 Å². The average molecular weight is 559 g/mol. The molecule has 3 rings (SSSR count). The molecule has 0 radical (unpaired) electrons. The lowest BCUT2D eigenvalue weighted by molar-refractivity contribution is -0.259. The van der Waals surface area contributed by atoms with Gasteiger partial charge in [-0.05, 0) is 79.9 Å². The van der Waals surface area contributed by atoms with Crippen molar-refractivity contribution in [2.75, 3.05) is 5.32 Å². The maximum atomic E-state index is 13.5. The van der Waals surface area contributed by atoms with E-state index >= 15 is 0 Å². The maximum absolute atomic E-state index is 13.5. The van der Waals surface area contributed by atoms with Gasteiger partial charge in [0.2, 0.25) is 0 Å². The summed E-state index contributed by atoms with van der Waals surface area (Å²) >= 11 is 0. The molecule has 0 aliphatic carbocycles. The number of benzene rings is 3. The quantitative estimate of drug-likeness (QED) is 0.245. The fraction of sp³-hybridized carbons (Fsp3) is 0.214. The topological polar surface area (TPSA) is 150 Å². The summed E-state index contributed by atoms with van der Waals surface area (Å²) in [5.74, 6) is -4.34. The summed E-state index contributed by atoms with van der Waals surface area (Å²) in [6.07, 6.45) is -4.84. The lowest BCUT2D eigenvalue weighted by Crippen LogP contribution is -2.40. The Balaban J connectivity index is 1.99. The Bertz CT molecular complexity index is 1510. The highest BCUT2D eigenvalue weighted by atomic mass is 19.4. The average Bonchev–Trinajstić information content (AvgIpc) is 2.87. The van der Waals surface area contributed by atoms with Crippen LogP contribution in [-0.4, -0.2) is 45.1 Å². The number of hydrogen-bond acceptors (Lipinski definition) is 6. The Kier molecular flexibility index (Phi) is 8.34. The molecule has 0 spiro atoms. The minimum Gasteiger partial charge on any atom is -0.478 e. The molecule has 0 saturated heterocycles. The second-order valence-electron chi connectivity index (χ2n) is 8.93. The fourth-order valence-corrected chi connectivity index (χ4v) is 3.93. The van der Waals surface area contributed by atoms with Crippen LogP contribution in [0.1, 0.15) is 73.3 Å². The third kappa shape index (κ3) is 6.12. The highest BCUT2D eigenvalue weighted by Gasteiger charge is 2.52. The molecule has 210 valence electrons. The van der Waals surface area contributed by atoms with Crippen molar-refractivity contribution >= 4 is 29.3 Å². The van der Waals surface area contributed by atoms with Crippen molar-refractivity contribution in [2.24, 2.45) is 0 Å². The van der Waals surface area contributed by atoms with E-state index in [-0.39, 0.29) is 40.3 Å². The summed E-state index contributed by atoms with van der Waals surface area (Å²) in [5, 5.41) is 31.4. The summed E-state index contributed by atoms with van der Waals surface area (Å²) in [5.41, 5.74) is -4.84. The van der Waals surface area contributed by atoms with Gasteiger partial charge in [0.05, 0.1) is 16.7 Å². The lowest BCUT2D eigenvalue weighted by Gasteiger charge is -2.29. The minimum atomic E-state index is -5.01. The molecule has 9 nitrogen and oxygen atoms in total. The zero-order chi connectivity index (χ0) is 30.0. The van der Waals surface area contributed by atoms with E-state index < -0.39 is 52.1 Å².